The highest BCUT2D eigenvalue weighted by molar-refractivity contribution is 5.57. The van der Waals surface area contributed by atoms with Crippen LogP contribution in [0.1, 0.15) is 24.7 Å². The first-order valence-corrected chi connectivity index (χ1v) is 6.30. The number of aromatic nitrogens is 2. The fraction of sp³-hybridized carbons (Fsp3) is 0.357. The lowest BCUT2D eigenvalue weighted by Gasteiger charge is -2.19. The van der Waals surface area contributed by atoms with E-state index in [2.05, 4.69) is 29.1 Å². The Bertz CT molecular complexity index is 491. The smallest absolute Gasteiger partial charge is 0.108 e. The highest BCUT2D eigenvalue weighted by Crippen LogP contribution is 2.19. The van der Waals surface area contributed by atoms with Gasteiger partial charge < -0.3 is 16.0 Å². The Labute approximate surface area is 108 Å². The van der Waals surface area contributed by atoms with Gasteiger partial charge in [-0.15, -0.1) is 0 Å². The molecule has 4 N–H and O–H groups in total. The van der Waals surface area contributed by atoms with E-state index in [0.717, 1.165) is 30.0 Å². The van der Waals surface area contributed by atoms with Crippen molar-refractivity contribution in [3.05, 3.63) is 42.0 Å². The number of nitrogens with one attached hydrogen (secondary N) is 2. The van der Waals surface area contributed by atoms with E-state index < -0.39 is 0 Å². The Hall–Kier alpha value is -1.97. The number of aryl methyl sites for hydroxylation is 1. The largest absolute Gasteiger partial charge is 0.399 e. The SMILES string of the molecule is CCC(Cc1ncc[nH]1)Nc1ccc(N)cc1C. The molecule has 0 amide bonds. The standard InChI is InChI=1S/C14H20N4/c1-3-12(9-14-16-6-7-17-14)18-13-5-4-11(15)8-10(13)2/h4-8,12,18H,3,9,15H2,1-2H3,(H,16,17). The van der Waals surface area contributed by atoms with Crippen LogP contribution in [0, 0.1) is 6.92 Å². The van der Waals surface area contributed by atoms with E-state index in [1.165, 1.54) is 5.56 Å². The molecule has 1 atom stereocenters. The Balaban J connectivity index is 2.05. The predicted octanol–water partition coefficient (Wildman–Crippen LogP) is 2.73. The van der Waals surface area contributed by atoms with Crippen LogP contribution >= 0.6 is 0 Å². The van der Waals surface area contributed by atoms with Gasteiger partial charge in [-0.3, -0.25) is 0 Å². The molecule has 1 aromatic heterocycles. The van der Waals surface area contributed by atoms with Crippen LogP contribution in [0.5, 0.6) is 0 Å². The molecule has 4 nitrogen and oxygen atoms in total. The molecule has 0 saturated carbocycles. The molecule has 0 bridgehead atoms. The second-order valence-electron chi connectivity index (χ2n) is 4.56. The molecule has 0 radical (unpaired) electrons. The maximum atomic E-state index is 5.76. The van der Waals surface area contributed by atoms with Crippen LogP contribution in [-0.2, 0) is 6.42 Å². The Morgan fingerprint density at radius 3 is 2.89 bits per heavy atom. The topological polar surface area (TPSA) is 66.7 Å². The number of H-pyrrole nitrogens is 1. The van der Waals surface area contributed by atoms with Crippen LogP contribution in [0.25, 0.3) is 0 Å². The van der Waals surface area contributed by atoms with Crippen molar-refractivity contribution in [2.45, 2.75) is 32.7 Å². The summed E-state index contributed by atoms with van der Waals surface area (Å²) in [7, 11) is 0. The van der Waals surface area contributed by atoms with E-state index in [9.17, 15) is 0 Å². The third kappa shape index (κ3) is 3.03. The van der Waals surface area contributed by atoms with Crippen LogP contribution in [0.2, 0.25) is 0 Å². The monoisotopic (exact) mass is 244 g/mol. The third-order valence-corrected chi connectivity index (χ3v) is 3.10. The molecule has 0 saturated heterocycles. The van der Waals surface area contributed by atoms with Gasteiger partial charge in [0.2, 0.25) is 0 Å². The van der Waals surface area contributed by atoms with Gasteiger partial charge in [-0.1, -0.05) is 6.92 Å². The van der Waals surface area contributed by atoms with Gasteiger partial charge in [0.05, 0.1) is 0 Å². The number of benzene rings is 1. The molecule has 1 aromatic carbocycles. The van der Waals surface area contributed by atoms with E-state index in [1.54, 1.807) is 6.20 Å². The van der Waals surface area contributed by atoms with E-state index in [1.807, 2.05) is 24.4 Å². The Morgan fingerprint density at radius 2 is 2.28 bits per heavy atom. The number of nitrogens with two attached hydrogens (primary N) is 1. The maximum absolute atomic E-state index is 5.76. The van der Waals surface area contributed by atoms with Crippen molar-refractivity contribution in [3.8, 4) is 0 Å². The van der Waals surface area contributed by atoms with Gasteiger partial charge in [-0.05, 0) is 37.1 Å². The van der Waals surface area contributed by atoms with Gasteiger partial charge in [0.1, 0.15) is 5.82 Å². The quantitative estimate of drug-likeness (QED) is 0.708. The van der Waals surface area contributed by atoms with Crippen molar-refractivity contribution in [2.75, 3.05) is 11.1 Å². The second kappa shape index (κ2) is 5.58. The van der Waals surface area contributed by atoms with Crippen molar-refractivity contribution in [1.29, 1.82) is 0 Å². The lowest BCUT2D eigenvalue weighted by atomic mass is 10.1. The molecule has 96 valence electrons. The van der Waals surface area contributed by atoms with Crippen LogP contribution in [-0.4, -0.2) is 16.0 Å². The van der Waals surface area contributed by atoms with E-state index in [4.69, 9.17) is 5.73 Å². The van der Waals surface area contributed by atoms with E-state index in [0.29, 0.717) is 6.04 Å². The number of nitrogens with zero attached hydrogens (tertiary/aromatic N) is 1. The van der Waals surface area contributed by atoms with Gasteiger partial charge in [0.15, 0.2) is 0 Å². The molecule has 0 aliphatic heterocycles. The summed E-state index contributed by atoms with van der Waals surface area (Å²) in [5.74, 6) is 1.02. The summed E-state index contributed by atoms with van der Waals surface area (Å²) in [6.45, 7) is 4.24. The lowest BCUT2D eigenvalue weighted by molar-refractivity contribution is 0.669. The first-order valence-electron chi connectivity index (χ1n) is 6.30. The first kappa shape index (κ1) is 12.5. The summed E-state index contributed by atoms with van der Waals surface area (Å²) in [6, 6.07) is 6.32. The van der Waals surface area contributed by atoms with Gasteiger partial charge >= 0.3 is 0 Å². The lowest BCUT2D eigenvalue weighted by Crippen LogP contribution is -2.22. The molecule has 0 aliphatic carbocycles. The van der Waals surface area contributed by atoms with E-state index >= 15 is 0 Å². The van der Waals surface area contributed by atoms with Crippen molar-refractivity contribution in [3.63, 3.8) is 0 Å². The number of hydrogen-bond donors (Lipinski definition) is 3. The van der Waals surface area contributed by atoms with E-state index in [-0.39, 0.29) is 0 Å². The molecule has 2 rings (SSSR count). The molecule has 0 fully saturated rings. The molecular formula is C14H20N4. The molecular weight excluding hydrogens is 224 g/mol. The Morgan fingerprint density at radius 1 is 1.44 bits per heavy atom. The number of anilines is 2. The average Bonchev–Trinajstić information content (AvgIpc) is 2.84. The number of imidazole rings is 1. The first-order chi connectivity index (χ1) is 8.69. The zero-order valence-corrected chi connectivity index (χ0v) is 10.9. The second-order valence-corrected chi connectivity index (χ2v) is 4.56. The Kier molecular flexibility index (Phi) is 3.87. The minimum atomic E-state index is 0.374. The van der Waals surface area contributed by atoms with Crippen molar-refractivity contribution < 1.29 is 0 Å². The van der Waals surface area contributed by atoms with Crippen LogP contribution < -0.4 is 11.1 Å². The van der Waals surface area contributed by atoms with Crippen molar-refractivity contribution >= 4 is 11.4 Å². The minimum Gasteiger partial charge on any atom is -0.399 e. The van der Waals surface area contributed by atoms with Crippen LogP contribution in [0.15, 0.2) is 30.6 Å². The molecule has 2 aromatic rings. The highest BCUT2D eigenvalue weighted by atomic mass is 14.9. The summed E-state index contributed by atoms with van der Waals surface area (Å²) >= 11 is 0. The van der Waals surface area contributed by atoms with Gasteiger partial charge in [-0.2, -0.15) is 0 Å². The van der Waals surface area contributed by atoms with Crippen molar-refractivity contribution in [1.82, 2.24) is 9.97 Å². The zero-order valence-electron chi connectivity index (χ0n) is 10.9. The molecule has 4 heteroatoms. The molecule has 1 heterocycles. The summed E-state index contributed by atoms with van der Waals surface area (Å²) in [4.78, 5) is 7.41. The minimum absolute atomic E-state index is 0.374. The summed E-state index contributed by atoms with van der Waals surface area (Å²) in [5.41, 5.74) is 8.88. The van der Waals surface area contributed by atoms with Crippen molar-refractivity contribution in [2.24, 2.45) is 0 Å². The summed E-state index contributed by atoms with van der Waals surface area (Å²) in [6.07, 6.45) is 5.59. The number of hydrogen-bond acceptors (Lipinski definition) is 3. The van der Waals surface area contributed by atoms with Gasteiger partial charge in [-0.25, -0.2) is 4.98 Å². The molecule has 18 heavy (non-hydrogen) atoms. The molecule has 0 spiro atoms. The molecule has 0 aliphatic rings. The van der Waals surface area contributed by atoms with Crippen LogP contribution in [0.4, 0.5) is 11.4 Å². The molecule has 1 unspecified atom stereocenters. The predicted molar refractivity (Wildman–Crippen MR) is 75.6 cm³/mol. The fourth-order valence-electron chi connectivity index (χ4n) is 2.01. The fourth-order valence-corrected chi connectivity index (χ4v) is 2.01. The van der Waals surface area contributed by atoms with Gasteiger partial charge in [0.25, 0.3) is 0 Å². The zero-order chi connectivity index (χ0) is 13.0. The number of aromatic amines is 1. The maximum Gasteiger partial charge on any atom is 0.108 e. The summed E-state index contributed by atoms with van der Waals surface area (Å²) < 4.78 is 0. The summed E-state index contributed by atoms with van der Waals surface area (Å²) in [5, 5.41) is 3.55. The number of rotatable bonds is 5. The average molecular weight is 244 g/mol. The van der Waals surface area contributed by atoms with Crippen LogP contribution in [0.3, 0.4) is 0 Å². The highest BCUT2D eigenvalue weighted by Gasteiger charge is 2.10. The number of nitrogen functional groups attached to an aromatic ring is 1. The third-order valence-electron chi connectivity index (χ3n) is 3.10. The normalized spacial score (nSPS) is 12.3. The van der Waals surface area contributed by atoms with Gasteiger partial charge in [0, 0.05) is 36.2 Å².